The minimum atomic E-state index is -0.506. The summed E-state index contributed by atoms with van der Waals surface area (Å²) in [4.78, 5) is 43.6. The first-order valence-corrected chi connectivity index (χ1v) is 8.71. The molecule has 5 heteroatoms. The Bertz CT molecular complexity index is 1030. The summed E-state index contributed by atoms with van der Waals surface area (Å²) in [6.07, 6.45) is 4.95. The van der Waals surface area contributed by atoms with E-state index in [0.717, 1.165) is 12.0 Å². The highest BCUT2D eigenvalue weighted by Crippen LogP contribution is 2.46. The summed E-state index contributed by atoms with van der Waals surface area (Å²) in [5.74, 6) is -1.38. The molecule has 1 fully saturated rings. The molecule has 1 aliphatic heterocycles. The number of allylic oxidation sites excluding steroid dienone is 2. The van der Waals surface area contributed by atoms with Crippen LogP contribution in [0.5, 0.6) is 0 Å². The average Bonchev–Trinajstić information content (AvgIpc) is 3.19. The Balaban J connectivity index is 1.78. The van der Waals surface area contributed by atoms with Crippen molar-refractivity contribution in [2.75, 3.05) is 0 Å². The second-order valence-corrected chi connectivity index (χ2v) is 6.90. The molecule has 0 radical (unpaired) electrons. The van der Waals surface area contributed by atoms with Gasteiger partial charge in [0.1, 0.15) is 11.5 Å². The number of aliphatic imine (C=N–C) groups is 1. The van der Waals surface area contributed by atoms with E-state index in [2.05, 4.69) is 4.99 Å². The molecule has 5 nitrogen and oxygen atoms in total. The fourth-order valence-corrected chi connectivity index (χ4v) is 4.35. The predicted molar refractivity (Wildman–Crippen MR) is 93.4 cm³/mol. The molecule has 26 heavy (non-hydrogen) atoms. The van der Waals surface area contributed by atoms with E-state index < -0.39 is 11.8 Å². The largest absolute Gasteiger partial charge is 0.472 e. The van der Waals surface area contributed by atoms with Crippen molar-refractivity contribution < 1.29 is 18.8 Å². The highest BCUT2D eigenvalue weighted by atomic mass is 16.3. The van der Waals surface area contributed by atoms with Crippen LogP contribution < -0.4 is 0 Å². The van der Waals surface area contributed by atoms with Crippen molar-refractivity contribution in [3.63, 3.8) is 0 Å². The van der Waals surface area contributed by atoms with Gasteiger partial charge in [0.15, 0.2) is 5.78 Å². The van der Waals surface area contributed by atoms with Gasteiger partial charge in [-0.25, -0.2) is 0 Å². The van der Waals surface area contributed by atoms with Crippen molar-refractivity contribution in [2.24, 2.45) is 10.9 Å². The number of fused-ring (bicyclic) bond motifs is 2. The third kappa shape index (κ3) is 1.97. The zero-order chi connectivity index (χ0) is 17.8. The fourth-order valence-electron chi connectivity index (χ4n) is 4.35. The van der Waals surface area contributed by atoms with Crippen LogP contribution in [0, 0.1) is 5.92 Å². The van der Waals surface area contributed by atoms with Gasteiger partial charge in [-0.2, -0.15) is 0 Å². The molecule has 0 spiro atoms. The van der Waals surface area contributed by atoms with Crippen molar-refractivity contribution in [3.8, 4) is 0 Å². The van der Waals surface area contributed by atoms with E-state index in [9.17, 15) is 14.4 Å². The summed E-state index contributed by atoms with van der Waals surface area (Å²) in [7, 11) is 0. The number of furan rings is 1. The van der Waals surface area contributed by atoms with Crippen LogP contribution >= 0.6 is 0 Å². The number of benzene rings is 1. The van der Waals surface area contributed by atoms with Gasteiger partial charge in [-0.05, 0) is 24.5 Å². The van der Waals surface area contributed by atoms with E-state index in [-0.39, 0.29) is 23.0 Å². The summed E-state index contributed by atoms with van der Waals surface area (Å²) in [6.45, 7) is 0. The first-order valence-electron chi connectivity index (χ1n) is 8.71. The van der Waals surface area contributed by atoms with E-state index in [4.69, 9.17) is 4.42 Å². The molecular weight excluding hydrogens is 330 g/mol. The monoisotopic (exact) mass is 345 g/mol. The molecule has 1 aromatic carbocycles. The lowest BCUT2D eigenvalue weighted by molar-refractivity contribution is -0.121. The van der Waals surface area contributed by atoms with Gasteiger partial charge in [0.05, 0.1) is 18.4 Å². The summed E-state index contributed by atoms with van der Waals surface area (Å²) in [5.41, 5.74) is 2.75. The third-order valence-electron chi connectivity index (χ3n) is 5.50. The van der Waals surface area contributed by atoms with E-state index in [0.29, 0.717) is 35.3 Å². The zero-order valence-electron chi connectivity index (χ0n) is 13.9. The van der Waals surface area contributed by atoms with Crippen LogP contribution in [-0.2, 0) is 4.79 Å². The molecule has 0 amide bonds. The van der Waals surface area contributed by atoms with Gasteiger partial charge in [0, 0.05) is 34.8 Å². The number of hydrogen-bond acceptors (Lipinski definition) is 5. The molecule has 3 aliphatic rings. The predicted octanol–water partition coefficient (Wildman–Crippen LogP) is 3.52. The highest BCUT2D eigenvalue weighted by molar-refractivity contribution is 6.29. The van der Waals surface area contributed by atoms with Gasteiger partial charge in [0.2, 0.25) is 5.78 Å². The van der Waals surface area contributed by atoms with Crippen molar-refractivity contribution >= 4 is 23.1 Å². The molecule has 0 bridgehead atoms. The van der Waals surface area contributed by atoms with E-state index >= 15 is 0 Å². The minimum Gasteiger partial charge on any atom is -0.472 e. The molecule has 128 valence electrons. The van der Waals surface area contributed by atoms with Crippen LogP contribution in [-0.4, -0.2) is 23.1 Å². The van der Waals surface area contributed by atoms with Gasteiger partial charge in [0.25, 0.3) is 0 Å². The van der Waals surface area contributed by atoms with Crippen LogP contribution in [0.4, 0.5) is 0 Å². The van der Waals surface area contributed by atoms with E-state index in [1.165, 1.54) is 6.26 Å². The van der Waals surface area contributed by atoms with Gasteiger partial charge >= 0.3 is 0 Å². The number of hydrogen-bond donors (Lipinski definition) is 0. The van der Waals surface area contributed by atoms with Gasteiger partial charge in [-0.1, -0.05) is 24.3 Å². The first-order chi connectivity index (χ1) is 12.7. The van der Waals surface area contributed by atoms with E-state index in [1.807, 2.05) is 0 Å². The van der Waals surface area contributed by atoms with E-state index in [1.54, 1.807) is 36.6 Å². The number of ketones is 3. The number of Topliss-reactive ketones (excluding diaryl/α,β-unsaturated/α-hetero) is 3. The Morgan fingerprint density at radius 2 is 1.69 bits per heavy atom. The van der Waals surface area contributed by atoms with Gasteiger partial charge < -0.3 is 4.42 Å². The highest BCUT2D eigenvalue weighted by Gasteiger charge is 2.47. The van der Waals surface area contributed by atoms with Crippen LogP contribution in [0.3, 0.4) is 0 Å². The number of carbonyl (C=O) groups is 3. The third-order valence-corrected chi connectivity index (χ3v) is 5.50. The summed E-state index contributed by atoms with van der Waals surface area (Å²) >= 11 is 0. The maximum absolute atomic E-state index is 13.3. The Morgan fingerprint density at radius 1 is 0.923 bits per heavy atom. The summed E-state index contributed by atoms with van der Waals surface area (Å²) in [5, 5.41) is 0. The molecule has 2 heterocycles. The van der Waals surface area contributed by atoms with Gasteiger partial charge in [-0.3, -0.25) is 19.4 Å². The van der Waals surface area contributed by atoms with Crippen LogP contribution in [0.15, 0.2) is 63.5 Å². The Morgan fingerprint density at radius 3 is 2.42 bits per heavy atom. The molecule has 1 aromatic heterocycles. The standard InChI is InChI=1S/C21H15NO4/c23-15-7-3-6-14-17(15)16(11-8-9-26-10-11)18-19(22-14)21(25)13-5-2-1-4-12(13)20(18)24/h1-2,4-5,8-10,16-17H,3,6-7H2. The first kappa shape index (κ1) is 15.2. The molecule has 5 rings (SSSR count). The normalized spacial score (nSPS) is 24.8. The maximum Gasteiger partial charge on any atom is 0.212 e. The lowest BCUT2D eigenvalue weighted by Gasteiger charge is -2.36. The Labute approximate surface area is 149 Å². The molecule has 0 N–H and O–H groups in total. The van der Waals surface area contributed by atoms with Crippen LogP contribution in [0.25, 0.3) is 0 Å². The quantitative estimate of drug-likeness (QED) is 0.792. The molecule has 2 unspecified atom stereocenters. The van der Waals surface area contributed by atoms with Crippen molar-refractivity contribution in [3.05, 3.63) is 70.8 Å². The fraction of sp³-hybridized carbons (Fsp3) is 0.238. The minimum absolute atomic E-state index is 0.0758. The van der Waals surface area contributed by atoms with Crippen molar-refractivity contribution in [2.45, 2.75) is 25.2 Å². The number of carbonyl (C=O) groups excluding carboxylic acids is 3. The molecular formula is C21H15NO4. The summed E-state index contributed by atoms with van der Waals surface area (Å²) < 4.78 is 5.22. The average molecular weight is 345 g/mol. The molecule has 0 saturated heterocycles. The van der Waals surface area contributed by atoms with Crippen LogP contribution in [0.2, 0.25) is 0 Å². The van der Waals surface area contributed by atoms with Crippen LogP contribution in [0.1, 0.15) is 51.5 Å². The Hall–Kier alpha value is -3.08. The second kappa shape index (κ2) is 5.46. The summed E-state index contributed by atoms with van der Waals surface area (Å²) in [6, 6.07) is 8.56. The molecule has 2 atom stereocenters. The number of rotatable bonds is 1. The molecule has 2 aliphatic carbocycles. The SMILES string of the molecule is O=C1C2=C(C(=O)c3ccccc31)C(c1ccoc1)C1C(=O)CCCC1=N2. The smallest absolute Gasteiger partial charge is 0.212 e. The Kier molecular flexibility index (Phi) is 3.19. The lowest BCUT2D eigenvalue weighted by atomic mass is 9.66. The van der Waals surface area contributed by atoms with Crippen molar-refractivity contribution in [1.29, 1.82) is 0 Å². The van der Waals surface area contributed by atoms with Crippen molar-refractivity contribution in [1.82, 2.24) is 0 Å². The zero-order valence-corrected chi connectivity index (χ0v) is 13.9. The topological polar surface area (TPSA) is 76.7 Å². The molecule has 1 saturated carbocycles. The second-order valence-electron chi connectivity index (χ2n) is 6.90. The van der Waals surface area contributed by atoms with Gasteiger partial charge in [-0.15, -0.1) is 0 Å². The maximum atomic E-state index is 13.3. The molecule has 2 aromatic rings. The lowest BCUT2D eigenvalue weighted by Crippen LogP contribution is -2.41. The number of nitrogens with zero attached hydrogens (tertiary/aromatic N) is 1.